The SMILES string of the molecule is Cc1ncccc1NCc1c(C)noc1C. The standard InChI is InChI=1S/C12H15N3O/c1-8-11(10(3)16-15-8)7-14-12-5-4-6-13-9(12)2/h4-6,14H,7H2,1-3H3. The minimum absolute atomic E-state index is 0.716. The number of nitrogens with one attached hydrogen (secondary N) is 1. The molecular weight excluding hydrogens is 202 g/mol. The summed E-state index contributed by atoms with van der Waals surface area (Å²) in [5, 5.41) is 7.25. The molecule has 2 aromatic heterocycles. The molecule has 0 saturated carbocycles. The third-order valence-electron chi connectivity index (χ3n) is 2.64. The van der Waals surface area contributed by atoms with Crippen LogP contribution in [0.1, 0.15) is 22.7 Å². The molecule has 0 bridgehead atoms. The van der Waals surface area contributed by atoms with Gasteiger partial charge in [0.05, 0.1) is 17.1 Å². The van der Waals surface area contributed by atoms with Crippen molar-refractivity contribution in [3.05, 3.63) is 41.0 Å². The molecule has 84 valence electrons. The lowest BCUT2D eigenvalue weighted by Crippen LogP contribution is -2.03. The highest BCUT2D eigenvalue weighted by Gasteiger charge is 2.08. The number of aromatic nitrogens is 2. The van der Waals surface area contributed by atoms with Gasteiger partial charge in [0.25, 0.3) is 0 Å². The summed E-state index contributed by atoms with van der Waals surface area (Å²) in [7, 11) is 0. The summed E-state index contributed by atoms with van der Waals surface area (Å²) in [5.74, 6) is 0.867. The molecule has 0 aliphatic heterocycles. The van der Waals surface area contributed by atoms with E-state index in [0.29, 0.717) is 6.54 Å². The largest absolute Gasteiger partial charge is 0.379 e. The van der Waals surface area contributed by atoms with E-state index >= 15 is 0 Å². The summed E-state index contributed by atoms with van der Waals surface area (Å²) in [6.07, 6.45) is 1.79. The predicted octanol–water partition coefficient (Wildman–Crippen LogP) is 2.61. The van der Waals surface area contributed by atoms with Gasteiger partial charge in [0.2, 0.25) is 0 Å². The van der Waals surface area contributed by atoms with Crippen LogP contribution in [-0.4, -0.2) is 10.1 Å². The monoisotopic (exact) mass is 217 g/mol. The Morgan fingerprint density at radius 3 is 2.69 bits per heavy atom. The van der Waals surface area contributed by atoms with Crippen molar-refractivity contribution in [3.8, 4) is 0 Å². The summed E-state index contributed by atoms with van der Waals surface area (Å²) in [5.41, 5.74) is 4.09. The van der Waals surface area contributed by atoms with E-state index in [1.807, 2.05) is 32.9 Å². The quantitative estimate of drug-likeness (QED) is 0.858. The Morgan fingerprint density at radius 1 is 1.25 bits per heavy atom. The van der Waals surface area contributed by atoms with Crippen LogP contribution in [0.3, 0.4) is 0 Å². The van der Waals surface area contributed by atoms with Crippen molar-refractivity contribution in [2.24, 2.45) is 0 Å². The number of rotatable bonds is 3. The molecule has 2 heterocycles. The third kappa shape index (κ3) is 2.05. The van der Waals surface area contributed by atoms with Gasteiger partial charge in [0.1, 0.15) is 5.76 Å². The second kappa shape index (κ2) is 4.35. The van der Waals surface area contributed by atoms with Crippen molar-refractivity contribution in [1.29, 1.82) is 0 Å². The molecule has 0 unspecified atom stereocenters. The average Bonchev–Trinajstić information content (AvgIpc) is 2.58. The molecule has 0 aliphatic rings. The number of anilines is 1. The minimum atomic E-state index is 0.716. The van der Waals surface area contributed by atoms with Crippen LogP contribution in [0.25, 0.3) is 0 Å². The van der Waals surface area contributed by atoms with Gasteiger partial charge in [-0.05, 0) is 32.9 Å². The van der Waals surface area contributed by atoms with Gasteiger partial charge in [-0.15, -0.1) is 0 Å². The van der Waals surface area contributed by atoms with Gasteiger partial charge >= 0.3 is 0 Å². The molecule has 0 amide bonds. The zero-order chi connectivity index (χ0) is 11.5. The fraction of sp³-hybridized carbons (Fsp3) is 0.333. The Morgan fingerprint density at radius 2 is 2.06 bits per heavy atom. The minimum Gasteiger partial charge on any atom is -0.379 e. The maximum absolute atomic E-state index is 5.11. The van der Waals surface area contributed by atoms with E-state index in [1.165, 1.54) is 0 Å². The van der Waals surface area contributed by atoms with Crippen LogP contribution in [0.15, 0.2) is 22.9 Å². The molecule has 0 aromatic carbocycles. The van der Waals surface area contributed by atoms with Crippen LogP contribution in [-0.2, 0) is 6.54 Å². The molecule has 4 nitrogen and oxygen atoms in total. The zero-order valence-corrected chi connectivity index (χ0v) is 9.74. The summed E-state index contributed by atoms with van der Waals surface area (Å²) in [6.45, 7) is 6.57. The fourth-order valence-corrected chi connectivity index (χ4v) is 1.61. The van der Waals surface area contributed by atoms with Crippen LogP contribution in [0.4, 0.5) is 5.69 Å². The molecule has 1 N–H and O–H groups in total. The lowest BCUT2D eigenvalue weighted by atomic mass is 10.2. The summed E-state index contributed by atoms with van der Waals surface area (Å²) >= 11 is 0. The summed E-state index contributed by atoms with van der Waals surface area (Å²) in [4.78, 5) is 4.22. The second-order valence-corrected chi connectivity index (χ2v) is 3.79. The first-order valence-electron chi connectivity index (χ1n) is 5.25. The normalized spacial score (nSPS) is 10.4. The molecule has 0 spiro atoms. The van der Waals surface area contributed by atoms with Gasteiger partial charge in [-0.1, -0.05) is 5.16 Å². The molecule has 0 fully saturated rings. The topological polar surface area (TPSA) is 51.0 Å². The first-order valence-corrected chi connectivity index (χ1v) is 5.25. The van der Waals surface area contributed by atoms with E-state index in [-0.39, 0.29) is 0 Å². The molecule has 4 heteroatoms. The maximum Gasteiger partial charge on any atom is 0.138 e. The number of hydrogen-bond acceptors (Lipinski definition) is 4. The van der Waals surface area contributed by atoms with Crippen LogP contribution >= 0.6 is 0 Å². The van der Waals surface area contributed by atoms with Crippen molar-refractivity contribution in [2.75, 3.05) is 5.32 Å². The molecule has 0 aliphatic carbocycles. The van der Waals surface area contributed by atoms with Gasteiger partial charge in [0, 0.05) is 18.3 Å². The van der Waals surface area contributed by atoms with Crippen molar-refractivity contribution >= 4 is 5.69 Å². The summed E-state index contributed by atoms with van der Waals surface area (Å²) in [6, 6.07) is 3.93. The van der Waals surface area contributed by atoms with E-state index in [2.05, 4.69) is 15.5 Å². The predicted molar refractivity (Wildman–Crippen MR) is 62.3 cm³/mol. The number of aryl methyl sites for hydroxylation is 3. The van der Waals surface area contributed by atoms with Crippen molar-refractivity contribution < 1.29 is 4.52 Å². The second-order valence-electron chi connectivity index (χ2n) is 3.79. The third-order valence-corrected chi connectivity index (χ3v) is 2.64. The first-order chi connectivity index (χ1) is 7.68. The van der Waals surface area contributed by atoms with E-state index in [0.717, 1.165) is 28.4 Å². The maximum atomic E-state index is 5.11. The highest BCUT2D eigenvalue weighted by atomic mass is 16.5. The van der Waals surface area contributed by atoms with E-state index < -0.39 is 0 Å². The van der Waals surface area contributed by atoms with Gasteiger partial charge in [0.15, 0.2) is 0 Å². The number of pyridine rings is 1. The van der Waals surface area contributed by atoms with Crippen molar-refractivity contribution in [3.63, 3.8) is 0 Å². The highest BCUT2D eigenvalue weighted by Crippen LogP contribution is 2.16. The fourth-order valence-electron chi connectivity index (χ4n) is 1.61. The Bertz CT molecular complexity index is 471. The van der Waals surface area contributed by atoms with E-state index in [1.54, 1.807) is 6.20 Å². The Hall–Kier alpha value is -1.84. The van der Waals surface area contributed by atoms with Crippen LogP contribution in [0, 0.1) is 20.8 Å². The Balaban J connectivity index is 2.11. The lowest BCUT2D eigenvalue weighted by molar-refractivity contribution is 0.392. The molecule has 0 atom stereocenters. The van der Waals surface area contributed by atoms with Crippen LogP contribution in [0.2, 0.25) is 0 Å². The smallest absolute Gasteiger partial charge is 0.138 e. The molecular formula is C12H15N3O. The summed E-state index contributed by atoms with van der Waals surface area (Å²) < 4.78 is 5.11. The molecule has 16 heavy (non-hydrogen) atoms. The zero-order valence-electron chi connectivity index (χ0n) is 9.74. The van der Waals surface area contributed by atoms with E-state index in [4.69, 9.17) is 4.52 Å². The first kappa shape index (κ1) is 10.7. The highest BCUT2D eigenvalue weighted by molar-refractivity contribution is 5.47. The van der Waals surface area contributed by atoms with Gasteiger partial charge in [-0.3, -0.25) is 4.98 Å². The van der Waals surface area contributed by atoms with Crippen LogP contribution in [0.5, 0.6) is 0 Å². The molecule has 0 radical (unpaired) electrons. The molecule has 2 aromatic rings. The Kier molecular flexibility index (Phi) is 2.90. The van der Waals surface area contributed by atoms with Gasteiger partial charge in [-0.25, -0.2) is 0 Å². The number of nitrogens with zero attached hydrogens (tertiary/aromatic N) is 2. The van der Waals surface area contributed by atoms with Crippen molar-refractivity contribution in [2.45, 2.75) is 27.3 Å². The number of hydrogen-bond donors (Lipinski definition) is 1. The van der Waals surface area contributed by atoms with E-state index in [9.17, 15) is 0 Å². The lowest BCUT2D eigenvalue weighted by Gasteiger charge is -2.07. The van der Waals surface area contributed by atoms with Gasteiger partial charge < -0.3 is 9.84 Å². The molecule has 2 rings (SSSR count). The molecule has 0 saturated heterocycles. The van der Waals surface area contributed by atoms with Crippen LogP contribution < -0.4 is 5.32 Å². The van der Waals surface area contributed by atoms with Crippen molar-refractivity contribution in [1.82, 2.24) is 10.1 Å². The average molecular weight is 217 g/mol. The van der Waals surface area contributed by atoms with Gasteiger partial charge in [-0.2, -0.15) is 0 Å². The Labute approximate surface area is 94.7 Å².